The molecule has 1 atom stereocenters. The lowest BCUT2D eigenvalue weighted by molar-refractivity contribution is 0.325. The average molecular weight is 309 g/mol. The molecule has 3 rings (SSSR count). The molecule has 0 radical (unpaired) electrons. The van der Waals surface area contributed by atoms with Gasteiger partial charge in [0.15, 0.2) is 5.82 Å². The minimum absolute atomic E-state index is 0. The summed E-state index contributed by atoms with van der Waals surface area (Å²) in [5.74, 6) is 1.50. The Morgan fingerprint density at radius 1 is 1.29 bits per heavy atom. The maximum Gasteiger partial charge on any atom is 0.258 e. The van der Waals surface area contributed by atoms with Gasteiger partial charge in [0, 0.05) is 25.7 Å². The van der Waals surface area contributed by atoms with Gasteiger partial charge >= 0.3 is 0 Å². The molecule has 114 valence electrons. The Kier molecular flexibility index (Phi) is 5.20. The second-order valence-corrected chi connectivity index (χ2v) is 5.02. The van der Waals surface area contributed by atoms with Crippen LogP contribution in [0.4, 0.5) is 5.82 Å². The maximum atomic E-state index is 5.71. The fourth-order valence-electron chi connectivity index (χ4n) is 2.55. The van der Waals surface area contributed by atoms with Gasteiger partial charge in [0.1, 0.15) is 0 Å². The van der Waals surface area contributed by atoms with Crippen LogP contribution >= 0.6 is 12.4 Å². The van der Waals surface area contributed by atoms with E-state index in [0.717, 1.165) is 36.5 Å². The molecule has 1 N–H and O–H groups in total. The maximum absolute atomic E-state index is 5.71. The topological polar surface area (TPSA) is 50.3 Å². The highest BCUT2D eigenvalue weighted by atomic mass is 35.5. The van der Waals surface area contributed by atoms with E-state index in [1.807, 2.05) is 31.2 Å². The monoisotopic (exact) mass is 308 g/mol. The van der Waals surface area contributed by atoms with Crippen LogP contribution in [0.15, 0.2) is 24.3 Å². The predicted molar refractivity (Wildman–Crippen MR) is 87.6 cm³/mol. The Balaban J connectivity index is 0.00000161. The van der Waals surface area contributed by atoms with Crippen molar-refractivity contribution >= 4 is 29.3 Å². The zero-order valence-electron chi connectivity index (χ0n) is 12.4. The highest BCUT2D eigenvalue weighted by Crippen LogP contribution is 2.28. The van der Waals surface area contributed by atoms with E-state index >= 15 is 0 Å². The minimum atomic E-state index is 0. The predicted octanol–water partition coefficient (Wildman–Crippen LogP) is 2.25. The lowest BCUT2D eigenvalue weighted by Gasteiger charge is -2.35. The summed E-state index contributed by atoms with van der Waals surface area (Å²) < 4.78 is 5.71. The van der Waals surface area contributed by atoms with Gasteiger partial charge in [0.25, 0.3) is 5.88 Å². The Bertz CT molecular complexity index is 607. The van der Waals surface area contributed by atoms with Crippen molar-refractivity contribution in [1.29, 1.82) is 0 Å². The minimum Gasteiger partial charge on any atom is -0.475 e. The molecular weight excluding hydrogens is 288 g/mol. The molecular formula is C15H21ClN4O. The molecule has 5 nitrogen and oxygen atoms in total. The highest BCUT2D eigenvalue weighted by Gasteiger charge is 2.24. The molecule has 0 saturated carbocycles. The number of nitrogens with zero attached hydrogens (tertiary/aromatic N) is 3. The van der Waals surface area contributed by atoms with Crippen molar-refractivity contribution < 1.29 is 4.74 Å². The number of hydrogen-bond donors (Lipinski definition) is 1. The van der Waals surface area contributed by atoms with Crippen LogP contribution in [0.25, 0.3) is 11.0 Å². The normalized spacial score (nSPS) is 18.4. The average Bonchev–Trinajstić information content (AvgIpc) is 2.48. The zero-order valence-corrected chi connectivity index (χ0v) is 13.2. The summed E-state index contributed by atoms with van der Waals surface area (Å²) in [5.41, 5.74) is 1.79. The second-order valence-electron chi connectivity index (χ2n) is 5.02. The van der Waals surface area contributed by atoms with E-state index < -0.39 is 0 Å². The molecule has 1 aromatic heterocycles. The number of benzene rings is 1. The molecule has 0 spiro atoms. The van der Waals surface area contributed by atoms with E-state index in [9.17, 15) is 0 Å². The van der Waals surface area contributed by atoms with Crippen molar-refractivity contribution in [1.82, 2.24) is 15.3 Å². The molecule has 0 aliphatic carbocycles. The van der Waals surface area contributed by atoms with E-state index in [0.29, 0.717) is 18.5 Å². The van der Waals surface area contributed by atoms with Crippen LogP contribution in [0.3, 0.4) is 0 Å². The van der Waals surface area contributed by atoms with Crippen LogP contribution in [-0.4, -0.2) is 42.3 Å². The number of hydrogen-bond acceptors (Lipinski definition) is 5. The summed E-state index contributed by atoms with van der Waals surface area (Å²) in [7, 11) is 0. The Labute approximate surface area is 131 Å². The van der Waals surface area contributed by atoms with Gasteiger partial charge in [-0.05, 0) is 26.0 Å². The number of anilines is 1. The SMILES string of the molecule is CCOc1nc2ccccc2nc1N1CCNCC1C.Cl. The fraction of sp³-hybridized carbons (Fsp3) is 0.467. The van der Waals surface area contributed by atoms with Gasteiger partial charge in [-0.3, -0.25) is 0 Å². The fourth-order valence-corrected chi connectivity index (χ4v) is 2.55. The summed E-state index contributed by atoms with van der Waals surface area (Å²) in [6.45, 7) is 7.61. The van der Waals surface area contributed by atoms with Crippen molar-refractivity contribution in [3.05, 3.63) is 24.3 Å². The van der Waals surface area contributed by atoms with Crippen LogP contribution in [-0.2, 0) is 0 Å². The first-order chi connectivity index (χ1) is 9.79. The van der Waals surface area contributed by atoms with Crippen LogP contribution in [0.5, 0.6) is 5.88 Å². The molecule has 6 heteroatoms. The number of ether oxygens (including phenoxy) is 1. The number of para-hydroxylation sites is 2. The van der Waals surface area contributed by atoms with Crippen LogP contribution in [0, 0.1) is 0 Å². The third kappa shape index (κ3) is 3.19. The number of fused-ring (bicyclic) bond motifs is 1. The van der Waals surface area contributed by atoms with Crippen molar-refractivity contribution in [2.75, 3.05) is 31.1 Å². The first-order valence-corrected chi connectivity index (χ1v) is 7.16. The van der Waals surface area contributed by atoms with Gasteiger partial charge in [0.05, 0.1) is 17.6 Å². The van der Waals surface area contributed by atoms with Crippen LogP contribution in [0.1, 0.15) is 13.8 Å². The number of piperazine rings is 1. The number of aromatic nitrogens is 2. The molecule has 1 aliphatic heterocycles. The van der Waals surface area contributed by atoms with E-state index in [2.05, 4.69) is 22.1 Å². The quantitative estimate of drug-likeness (QED) is 0.942. The summed E-state index contributed by atoms with van der Waals surface area (Å²) in [6, 6.07) is 8.31. The van der Waals surface area contributed by atoms with E-state index in [-0.39, 0.29) is 12.4 Å². The second kappa shape index (κ2) is 6.91. The van der Waals surface area contributed by atoms with E-state index in [4.69, 9.17) is 9.72 Å². The van der Waals surface area contributed by atoms with Gasteiger partial charge in [-0.2, -0.15) is 0 Å². The van der Waals surface area contributed by atoms with Gasteiger partial charge < -0.3 is 15.0 Å². The molecule has 1 saturated heterocycles. The molecule has 2 aromatic rings. The summed E-state index contributed by atoms with van der Waals surface area (Å²) in [6.07, 6.45) is 0. The first kappa shape index (κ1) is 15.8. The molecule has 1 unspecified atom stereocenters. The largest absolute Gasteiger partial charge is 0.475 e. The number of rotatable bonds is 3. The molecule has 0 bridgehead atoms. The Morgan fingerprint density at radius 3 is 2.67 bits per heavy atom. The zero-order chi connectivity index (χ0) is 13.9. The summed E-state index contributed by atoms with van der Waals surface area (Å²) in [4.78, 5) is 11.7. The van der Waals surface area contributed by atoms with Crippen molar-refractivity contribution in [2.45, 2.75) is 19.9 Å². The third-order valence-corrected chi connectivity index (χ3v) is 3.58. The van der Waals surface area contributed by atoms with Crippen LogP contribution < -0.4 is 15.0 Å². The van der Waals surface area contributed by atoms with Gasteiger partial charge in [-0.25, -0.2) is 9.97 Å². The van der Waals surface area contributed by atoms with E-state index in [1.165, 1.54) is 0 Å². The van der Waals surface area contributed by atoms with E-state index in [1.54, 1.807) is 0 Å². The smallest absolute Gasteiger partial charge is 0.258 e. The number of halogens is 1. The summed E-state index contributed by atoms with van der Waals surface area (Å²) in [5, 5.41) is 3.39. The standard InChI is InChI=1S/C15H20N4O.ClH/c1-3-20-15-14(19-9-8-16-10-11(19)2)17-12-6-4-5-7-13(12)18-15;/h4-7,11,16H,3,8-10H2,1-2H3;1H. The van der Waals surface area contributed by atoms with Gasteiger partial charge in [-0.15, -0.1) is 12.4 Å². The third-order valence-electron chi connectivity index (χ3n) is 3.58. The lowest BCUT2D eigenvalue weighted by atomic mass is 10.2. The van der Waals surface area contributed by atoms with Gasteiger partial charge in [0.2, 0.25) is 0 Å². The van der Waals surface area contributed by atoms with Crippen molar-refractivity contribution in [3.8, 4) is 5.88 Å². The Morgan fingerprint density at radius 2 is 2.00 bits per heavy atom. The van der Waals surface area contributed by atoms with Crippen molar-refractivity contribution in [3.63, 3.8) is 0 Å². The van der Waals surface area contributed by atoms with Crippen LogP contribution in [0.2, 0.25) is 0 Å². The summed E-state index contributed by atoms with van der Waals surface area (Å²) >= 11 is 0. The molecule has 0 amide bonds. The Hall–Kier alpha value is -1.59. The lowest BCUT2D eigenvalue weighted by Crippen LogP contribution is -2.50. The first-order valence-electron chi connectivity index (χ1n) is 7.16. The highest BCUT2D eigenvalue weighted by molar-refractivity contribution is 5.85. The molecule has 21 heavy (non-hydrogen) atoms. The molecule has 2 heterocycles. The molecule has 1 aliphatic rings. The molecule has 1 fully saturated rings. The van der Waals surface area contributed by atoms with Gasteiger partial charge in [-0.1, -0.05) is 12.1 Å². The van der Waals surface area contributed by atoms with Crippen molar-refractivity contribution in [2.24, 2.45) is 0 Å². The number of nitrogens with one attached hydrogen (secondary N) is 1. The molecule has 1 aromatic carbocycles.